The van der Waals surface area contributed by atoms with Gasteiger partial charge >= 0.3 is 0 Å². The predicted octanol–water partition coefficient (Wildman–Crippen LogP) is 4.21. The van der Waals surface area contributed by atoms with E-state index in [0.717, 1.165) is 11.1 Å². The fourth-order valence-electron chi connectivity index (χ4n) is 3.67. The highest BCUT2D eigenvalue weighted by atomic mass is 16.5. The second-order valence-electron chi connectivity index (χ2n) is 6.90. The first-order valence-electron chi connectivity index (χ1n) is 8.88. The first-order valence-corrected chi connectivity index (χ1v) is 8.88. The number of aromatic hydroxyl groups is 2. The van der Waals surface area contributed by atoms with Crippen molar-refractivity contribution in [3.63, 3.8) is 0 Å². The molecule has 146 valence electrons. The maximum absolute atomic E-state index is 10.2. The van der Waals surface area contributed by atoms with Gasteiger partial charge in [0.2, 0.25) is 5.75 Å². The highest BCUT2D eigenvalue weighted by Crippen LogP contribution is 2.51. The number of rotatable bonds is 5. The molecule has 0 bridgehead atoms. The van der Waals surface area contributed by atoms with E-state index in [1.807, 2.05) is 12.1 Å². The predicted molar refractivity (Wildman–Crippen MR) is 101 cm³/mol. The number of methoxy groups -OCH3 is 3. The van der Waals surface area contributed by atoms with Crippen LogP contribution in [0.1, 0.15) is 37.2 Å². The molecule has 1 heterocycles. The SMILES string of the molecule is COc1cc([C@@H]2O[C@@H](c3cc(OC)c(O)c(OC)c3)[C@@H](C)[C@H]2C)ccc1O. The molecule has 3 rings (SSSR count). The van der Waals surface area contributed by atoms with Gasteiger partial charge in [-0.2, -0.15) is 0 Å². The maximum Gasteiger partial charge on any atom is 0.200 e. The van der Waals surface area contributed by atoms with E-state index in [0.29, 0.717) is 17.2 Å². The Bertz CT molecular complexity index is 793. The van der Waals surface area contributed by atoms with Crippen LogP contribution in [0.25, 0.3) is 0 Å². The third-order valence-corrected chi connectivity index (χ3v) is 5.44. The maximum atomic E-state index is 10.2. The monoisotopic (exact) mass is 374 g/mol. The minimum absolute atomic E-state index is 0.0257. The molecule has 6 nitrogen and oxygen atoms in total. The van der Waals surface area contributed by atoms with Crippen LogP contribution in [0.3, 0.4) is 0 Å². The largest absolute Gasteiger partial charge is 0.504 e. The average Bonchev–Trinajstić information content (AvgIpc) is 2.97. The van der Waals surface area contributed by atoms with Gasteiger partial charge in [-0.05, 0) is 47.2 Å². The summed E-state index contributed by atoms with van der Waals surface area (Å²) >= 11 is 0. The van der Waals surface area contributed by atoms with Crippen LogP contribution in [-0.2, 0) is 4.74 Å². The van der Waals surface area contributed by atoms with E-state index in [-0.39, 0.29) is 35.5 Å². The van der Waals surface area contributed by atoms with E-state index >= 15 is 0 Å². The molecule has 27 heavy (non-hydrogen) atoms. The van der Waals surface area contributed by atoms with Crippen LogP contribution < -0.4 is 14.2 Å². The molecule has 0 aliphatic carbocycles. The first kappa shape index (κ1) is 19.2. The smallest absolute Gasteiger partial charge is 0.200 e. The van der Waals surface area contributed by atoms with Gasteiger partial charge in [-0.1, -0.05) is 19.9 Å². The number of phenolic OH excluding ortho intramolecular Hbond substituents is 2. The van der Waals surface area contributed by atoms with Gasteiger partial charge in [-0.3, -0.25) is 0 Å². The summed E-state index contributed by atoms with van der Waals surface area (Å²) in [7, 11) is 4.54. The molecule has 0 radical (unpaired) electrons. The molecule has 2 N–H and O–H groups in total. The zero-order valence-electron chi connectivity index (χ0n) is 16.2. The Balaban J connectivity index is 1.96. The summed E-state index contributed by atoms with van der Waals surface area (Å²) in [4.78, 5) is 0. The first-order chi connectivity index (χ1) is 12.9. The fourth-order valence-corrected chi connectivity index (χ4v) is 3.67. The summed E-state index contributed by atoms with van der Waals surface area (Å²) in [5, 5.41) is 20.0. The molecule has 0 amide bonds. The lowest BCUT2D eigenvalue weighted by Crippen LogP contribution is -2.10. The van der Waals surface area contributed by atoms with Crippen molar-refractivity contribution in [1.29, 1.82) is 0 Å². The lowest BCUT2D eigenvalue weighted by atomic mass is 9.85. The van der Waals surface area contributed by atoms with Crippen LogP contribution in [-0.4, -0.2) is 31.5 Å². The van der Waals surface area contributed by atoms with E-state index < -0.39 is 0 Å². The second kappa shape index (κ2) is 7.56. The summed E-state index contributed by atoms with van der Waals surface area (Å²) in [6, 6.07) is 8.85. The molecule has 4 atom stereocenters. The van der Waals surface area contributed by atoms with Crippen molar-refractivity contribution in [3.8, 4) is 28.7 Å². The number of hydrogen-bond acceptors (Lipinski definition) is 6. The molecule has 1 fully saturated rings. The molecular weight excluding hydrogens is 348 g/mol. The lowest BCUT2D eigenvalue weighted by Gasteiger charge is -2.19. The quantitative estimate of drug-likeness (QED) is 0.816. The average molecular weight is 374 g/mol. The molecule has 0 aromatic heterocycles. The molecule has 0 spiro atoms. The minimum Gasteiger partial charge on any atom is -0.504 e. The third-order valence-electron chi connectivity index (χ3n) is 5.44. The Morgan fingerprint density at radius 2 is 1.22 bits per heavy atom. The van der Waals surface area contributed by atoms with Crippen molar-refractivity contribution >= 4 is 0 Å². The van der Waals surface area contributed by atoms with Crippen molar-refractivity contribution in [3.05, 3.63) is 41.5 Å². The number of phenols is 2. The Morgan fingerprint density at radius 3 is 1.74 bits per heavy atom. The van der Waals surface area contributed by atoms with E-state index in [1.165, 1.54) is 21.3 Å². The van der Waals surface area contributed by atoms with Crippen LogP contribution in [0.15, 0.2) is 30.3 Å². The normalized spacial score (nSPS) is 24.6. The Hall–Kier alpha value is -2.60. The standard InChI is InChI=1S/C21H26O6/c1-11-12(2)21(14-9-17(25-4)19(23)18(10-14)26-5)27-20(11)13-6-7-15(22)16(8-13)24-3/h6-12,20-23H,1-5H3/t11-,12+,20-,21-/m1/s1. The van der Waals surface area contributed by atoms with Crippen molar-refractivity contribution in [1.82, 2.24) is 0 Å². The van der Waals surface area contributed by atoms with Gasteiger partial charge in [-0.15, -0.1) is 0 Å². The van der Waals surface area contributed by atoms with Crippen LogP contribution in [0, 0.1) is 11.8 Å². The zero-order chi connectivity index (χ0) is 19.7. The van der Waals surface area contributed by atoms with Crippen molar-refractivity contribution in [2.24, 2.45) is 11.8 Å². The Kier molecular flexibility index (Phi) is 5.37. The van der Waals surface area contributed by atoms with Gasteiger partial charge in [0.05, 0.1) is 33.5 Å². The molecule has 6 heteroatoms. The van der Waals surface area contributed by atoms with Crippen LogP contribution in [0.4, 0.5) is 0 Å². The lowest BCUT2D eigenvalue weighted by molar-refractivity contribution is 0.0286. The third kappa shape index (κ3) is 3.37. The number of hydrogen-bond donors (Lipinski definition) is 2. The highest BCUT2D eigenvalue weighted by molar-refractivity contribution is 5.53. The molecule has 1 aliphatic rings. The fraction of sp³-hybridized carbons (Fsp3) is 0.429. The molecule has 2 aromatic carbocycles. The zero-order valence-corrected chi connectivity index (χ0v) is 16.2. The molecule has 2 aromatic rings. The summed E-state index contributed by atoms with van der Waals surface area (Å²) in [5.41, 5.74) is 1.83. The summed E-state index contributed by atoms with van der Waals surface area (Å²) in [6.45, 7) is 4.28. The summed E-state index contributed by atoms with van der Waals surface area (Å²) in [6.07, 6.45) is -0.335. The van der Waals surface area contributed by atoms with Gasteiger partial charge in [-0.25, -0.2) is 0 Å². The molecule has 0 unspecified atom stereocenters. The topological polar surface area (TPSA) is 77.4 Å². The van der Waals surface area contributed by atoms with E-state index in [4.69, 9.17) is 18.9 Å². The number of ether oxygens (including phenoxy) is 4. The molecular formula is C21H26O6. The van der Waals surface area contributed by atoms with E-state index in [1.54, 1.807) is 18.2 Å². The Labute approximate surface area is 159 Å². The van der Waals surface area contributed by atoms with Crippen LogP contribution in [0.5, 0.6) is 28.7 Å². The molecule has 0 saturated carbocycles. The van der Waals surface area contributed by atoms with Crippen LogP contribution >= 0.6 is 0 Å². The molecule has 1 aliphatic heterocycles. The van der Waals surface area contributed by atoms with Gasteiger partial charge in [0.15, 0.2) is 23.0 Å². The van der Waals surface area contributed by atoms with Gasteiger partial charge in [0, 0.05) is 0 Å². The minimum atomic E-state index is -0.187. The van der Waals surface area contributed by atoms with Gasteiger partial charge in [0.1, 0.15) is 0 Å². The second-order valence-corrected chi connectivity index (χ2v) is 6.90. The van der Waals surface area contributed by atoms with Crippen molar-refractivity contribution in [2.45, 2.75) is 26.1 Å². The summed E-state index contributed by atoms with van der Waals surface area (Å²) in [5.74, 6) is 1.65. The van der Waals surface area contributed by atoms with E-state index in [2.05, 4.69) is 13.8 Å². The Morgan fingerprint density at radius 1 is 0.741 bits per heavy atom. The van der Waals surface area contributed by atoms with Gasteiger partial charge < -0.3 is 29.2 Å². The highest BCUT2D eigenvalue weighted by Gasteiger charge is 2.41. The van der Waals surface area contributed by atoms with Crippen LogP contribution in [0.2, 0.25) is 0 Å². The van der Waals surface area contributed by atoms with E-state index in [9.17, 15) is 10.2 Å². The summed E-state index contributed by atoms with van der Waals surface area (Å²) < 4.78 is 22.2. The van der Waals surface area contributed by atoms with Crippen molar-refractivity contribution < 1.29 is 29.2 Å². The molecule has 1 saturated heterocycles. The van der Waals surface area contributed by atoms with Gasteiger partial charge in [0.25, 0.3) is 0 Å². The number of benzene rings is 2. The van der Waals surface area contributed by atoms with Crippen molar-refractivity contribution in [2.75, 3.05) is 21.3 Å².